The predicted octanol–water partition coefficient (Wildman–Crippen LogP) is 6.96. The number of hydrogen-bond donors (Lipinski definition) is 0. The summed E-state index contributed by atoms with van der Waals surface area (Å²) in [6.45, 7) is 5.26. The molecule has 0 saturated carbocycles. The third kappa shape index (κ3) is 5.21. The summed E-state index contributed by atoms with van der Waals surface area (Å²) in [5.41, 5.74) is 9.97. The topological polar surface area (TPSA) is 29.5 Å². The van der Waals surface area contributed by atoms with Crippen LogP contribution in [0.2, 0.25) is 0 Å². The van der Waals surface area contributed by atoms with E-state index < -0.39 is 0 Å². The average molecular weight is 462 g/mol. The molecule has 0 unspecified atom stereocenters. The molecule has 0 radical (unpaired) electrons. The van der Waals surface area contributed by atoms with Crippen LogP contribution in [0.3, 0.4) is 0 Å². The van der Waals surface area contributed by atoms with E-state index in [4.69, 9.17) is 4.74 Å². The lowest BCUT2D eigenvalue weighted by molar-refractivity contribution is 0.0526. The van der Waals surface area contributed by atoms with Crippen LogP contribution in [0, 0.1) is 0 Å². The highest BCUT2D eigenvalue weighted by Gasteiger charge is 2.22. The van der Waals surface area contributed by atoms with Crippen LogP contribution in [0.1, 0.15) is 57.9 Å². The second-order valence-corrected chi connectivity index (χ2v) is 9.03. The first kappa shape index (κ1) is 23.1. The van der Waals surface area contributed by atoms with Gasteiger partial charge in [-0.05, 0) is 65.3 Å². The van der Waals surface area contributed by atoms with Crippen molar-refractivity contribution < 1.29 is 9.53 Å². The first-order chi connectivity index (χ1) is 17.2. The number of esters is 1. The number of likely N-dealkylation sites (tertiary alicyclic amines) is 1. The maximum atomic E-state index is 11.8. The molecular weight excluding hydrogens is 430 g/mol. The largest absolute Gasteiger partial charge is 0.462 e. The first-order valence-corrected chi connectivity index (χ1v) is 12.5. The lowest BCUT2D eigenvalue weighted by Crippen LogP contribution is -2.31. The molecule has 3 heteroatoms. The molecule has 0 amide bonds. The van der Waals surface area contributed by atoms with Crippen molar-refractivity contribution in [3.63, 3.8) is 0 Å². The zero-order valence-corrected chi connectivity index (χ0v) is 20.2. The highest BCUT2D eigenvalue weighted by Crippen LogP contribution is 2.38. The summed E-state index contributed by atoms with van der Waals surface area (Å²) in [4.78, 5) is 14.3. The van der Waals surface area contributed by atoms with Crippen molar-refractivity contribution in [1.29, 1.82) is 0 Å². The van der Waals surface area contributed by atoms with E-state index in [0.717, 1.165) is 38.0 Å². The summed E-state index contributed by atoms with van der Waals surface area (Å²) in [6, 6.07) is 25.1. The number of benzene rings is 3. The molecule has 5 rings (SSSR count). The summed E-state index contributed by atoms with van der Waals surface area (Å²) >= 11 is 0. The molecule has 0 aromatic heterocycles. The highest BCUT2D eigenvalue weighted by atomic mass is 16.5. The van der Waals surface area contributed by atoms with Crippen LogP contribution < -0.4 is 0 Å². The van der Waals surface area contributed by atoms with Crippen LogP contribution in [0.25, 0.3) is 23.8 Å². The SMILES string of the molecule is CCOC(=O)c1ccc(/C=C/CN2CCC(=C3c4ccccc4C=Cc4ccccc43)CC2)cc1. The number of fused-ring (bicyclic) bond motifs is 2. The highest BCUT2D eigenvalue weighted by molar-refractivity contribution is 5.95. The minimum Gasteiger partial charge on any atom is -0.462 e. The number of hydrogen-bond acceptors (Lipinski definition) is 3. The van der Waals surface area contributed by atoms with Gasteiger partial charge in [-0.15, -0.1) is 0 Å². The van der Waals surface area contributed by atoms with Gasteiger partial charge in [0, 0.05) is 19.6 Å². The molecule has 1 fully saturated rings. The average Bonchev–Trinajstić information content (AvgIpc) is 3.07. The van der Waals surface area contributed by atoms with Gasteiger partial charge in [0.1, 0.15) is 0 Å². The van der Waals surface area contributed by atoms with Gasteiger partial charge in [0.25, 0.3) is 0 Å². The van der Waals surface area contributed by atoms with Crippen molar-refractivity contribution in [3.8, 4) is 0 Å². The number of carbonyl (C=O) groups is 1. The van der Waals surface area contributed by atoms with Gasteiger partial charge in [0.15, 0.2) is 0 Å². The zero-order valence-electron chi connectivity index (χ0n) is 20.2. The van der Waals surface area contributed by atoms with Crippen molar-refractivity contribution >= 4 is 29.8 Å². The molecule has 0 spiro atoms. The van der Waals surface area contributed by atoms with Crippen LogP contribution in [-0.2, 0) is 4.74 Å². The Morgan fingerprint density at radius 3 is 2.06 bits per heavy atom. The van der Waals surface area contributed by atoms with E-state index in [1.54, 1.807) is 5.57 Å². The maximum Gasteiger partial charge on any atom is 0.338 e. The number of carbonyl (C=O) groups excluding carboxylic acids is 1. The van der Waals surface area contributed by atoms with E-state index in [1.807, 2.05) is 31.2 Å². The Kier molecular flexibility index (Phi) is 7.06. The van der Waals surface area contributed by atoms with Crippen LogP contribution in [0.4, 0.5) is 0 Å². The zero-order chi connectivity index (χ0) is 24.0. The smallest absolute Gasteiger partial charge is 0.338 e. The third-order valence-corrected chi connectivity index (χ3v) is 6.81. The Morgan fingerprint density at radius 2 is 1.46 bits per heavy atom. The fraction of sp³-hybridized carbons (Fsp3) is 0.219. The second-order valence-electron chi connectivity index (χ2n) is 9.03. The molecule has 1 heterocycles. The number of piperidine rings is 1. The summed E-state index contributed by atoms with van der Waals surface area (Å²) < 4.78 is 5.06. The minimum absolute atomic E-state index is 0.268. The normalized spacial score (nSPS) is 15.6. The number of ether oxygens (including phenoxy) is 1. The number of nitrogens with zero attached hydrogens (tertiary/aromatic N) is 1. The molecule has 1 aliphatic carbocycles. The quantitative estimate of drug-likeness (QED) is 0.301. The fourth-order valence-corrected chi connectivity index (χ4v) is 4.98. The van der Waals surface area contributed by atoms with Crippen molar-refractivity contribution in [1.82, 2.24) is 4.90 Å². The standard InChI is InChI=1S/C32H31NO2/c1-2-35-32(34)28-15-13-24(14-16-28)8-7-21-33-22-19-27(20-23-33)31-29-11-5-3-9-25(29)17-18-26-10-4-6-12-30(26)31/h3-18H,2,19-23H2,1H3/b8-7+. The molecule has 3 aromatic carbocycles. The van der Waals surface area contributed by atoms with Crippen molar-refractivity contribution in [2.45, 2.75) is 19.8 Å². The Bertz CT molecular complexity index is 1240. The van der Waals surface area contributed by atoms with Gasteiger partial charge >= 0.3 is 5.97 Å². The van der Waals surface area contributed by atoms with Gasteiger partial charge in [-0.1, -0.05) is 90.5 Å². The van der Waals surface area contributed by atoms with Gasteiger partial charge in [-0.2, -0.15) is 0 Å². The molecule has 2 aliphatic rings. The van der Waals surface area contributed by atoms with Crippen molar-refractivity contribution in [2.75, 3.05) is 26.2 Å². The van der Waals surface area contributed by atoms with E-state index in [2.05, 4.69) is 77.7 Å². The Hall–Kier alpha value is -3.69. The third-order valence-electron chi connectivity index (χ3n) is 6.81. The molecule has 1 aliphatic heterocycles. The van der Waals surface area contributed by atoms with Crippen LogP contribution in [0.15, 0.2) is 84.4 Å². The molecule has 0 N–H and O–H groups in total. The maximum absolute atomic E-state index is 11.8. The Labute approximate surface area is 208 Å². The molecule has 0 atom stereocenters. The van der Waals surface area contributed by atoms with Crippen LogP contribution in [-0.4, -0.2) is 37.1 Å². The molecule has 176 valence electrons. The van der Waals surface area contributed by atoms with Crippen LogP contribution in [0.5, 0.6) is 0 Å². The first-order valence-electron chi connectivity index (χ1n) is 12.5. The lowest BCUT2D eigenvalue weighted by Gasteiger charge is -2.29. The van der Waals surface area contributed by atoms with Gasteiger partial charge in [0.2, 0.25) is 0 Å². The van der Waals surface area contributed by atoms with Gasteiger partial charge in [-0.25, -0.2) is 4.79 Å². The monoisotopic (exact) mass is 461 g/mol. The summed E-state index contributed by atoms with van der Waals surface area (Å²) in [6.07, 6.45) is 11.0. The van der Waals surface area contributed by atoms with E-state index in [9.17, 15) is 4.79 Å². The number of rotatable bonds is 5. The van der Waals surface area contributed by atoms with Gasteiger partial charge < -0.3 is 4.74 Å². The Balaban J connectivity index is 1.27. The predicted molar refractivity (Wildman–Crippen MR) is 145 cm³/mol. The lowest BCUT2D eigenvalue weighted by atomic mass is 9.86. The van der Waals surface area contributed by atoms with E-state index in [1.165, 1.54) is 27.8 Å². The summed E-state index contributed by atoms with van der Waals surface area (Å²) in [7, 11) is 0. The minimum atomic E-state index is -0.268. The molecule has 3 nitrogen and oxygen atoms in total. The van der Waals surface area contributed by atoms with Gasteiger partial charge in [-0.3, -0.25) is 4.90 Å². The van der Waals surface area contributed by atoms with E-state index >= 15 is 0 Å². The summed E-state index contributed by atoms with van der Waals surface area (Å²) in [5.74, 6) is -0.268. The van der Waals surface area contributed by atoms with E-state index in [-0.39, 0.29) is 5.97 Å². The molecule has 3 aromatic rings. The van der Waals surface area contributed by atoms with Gasteiger partial charge in [0.05, 0.1) is 12.2 Å². The molecular formula is C32H31NO2. The van der Waals surface area contributed by atoms with Crippen LogP contribution >= 0.6 is 0 Å². The fourth-order valence-electron chi connectivity index (χ4n) is 4.98. The second kappa shape index (κ2) is 10.7. The summed E-state index contributed by atoms with van der Waals surface area (Å²) in [5, 5.41) is 0. The van der Waals surface area contributed by atoms with Crippen molar-refractivity contribution in [3.05, 3.63) is 118 Å². The molecule has 1 saturated heterocycles. The molecule has 35 heavy (non-hydrogen) atoms. The van der Waals surface area contributed by atoms with Crippen molar-refractivity contribution in [2.24, 2.45) is 0 Å². The molecule has 0 bridgehead atoms. The van der Waals surface area contributed by atoms with E-state index in [0.29, 0.717) is 12.2 Å². The Morgan fingerprint density at radius 1 is 0.857 bits per heavy atom.